The first kappa shape index (κ1) is 23.6. The van der Waals surface area contributed by atoms with E-state index in [-0.39, 0.29) is 11.9 Å². The number of hydrogen-bond acceptors (Lipinski definition) is 5. The molecule has 8 heteroatoms. The van der Waals surface area contributed by atoms with Crippen molar-refractivity contribution in [3.8, 4) is 11.5 Å². The van der Waals surface area contributed by atoms with Crippen LogP contribution in [-0.4, -0.2) is 50.4 Å². The minimum Gasteiger partial charge on any atom is -0.486 e. The third-order valence-electron chi connectivity index (χ3n) is 7.06. The molecule has 0 saturated heterocycles. The average molecular weight is 480 g/mol. The number of carbonyl (C=O) groups excluding carboxylic acids is 1. The lowest BCUT2D eigenvalue weighted by Crippen LogP contribution is -2.41. The molecule has 0 spiro atoms. The molecule has 2 atom stereocenters. The Morgan fingerprint density at radius 3 is 2.86 bits per heavy atom. The highest BCUT2D eigenvalue weighted by molar-refractivity contribution is 5.95. The number of benzene rings is 2. The molecule has 0 radical (unpaired) electrons. The van der Waals surface area contributed by atoms with Crippen LogP contribution in [0.3, 0.4) is 0 Å². The maximum absolute atomic E-state index is 13.0. The molecule has 1 saturated carbocycles. The summed E-state index contributed by atoms with van der Waals surface area (Å²) in [6, 6.07) is 12.1. The summed E-state index contributed by atoms with van der Waals surface area (Å²) in [4.78, 5) is 16.7. The molecule has 186 valence electrons. The molecule has 5 rings (SSSR count). The summed E-state index contributed by atoms with van der Waals surface area (Å²) in [6.45, 7) is 3.40. The Morgan fingerprint density at radius 1 is 1.14 bits per heavy atom. The lowest BCUT2D eigenvalue weighted by Gasteiger charge is -2.27. The molecular weight excluding hydrogens is 444 g/mol. The predicted molar refractivity (Wildman–Crippen MR) is 133 cm³/mol. The Bertz CT molecular complexity index is 1190. The number of carbonyl (C=O) groups is 1. The normalized spacial score (nSPS) is 19.6. The van der Waals surface area contributed by atoms with Crippen molar-refractivity contribution in [1.82, 2.24) is 15.6 Å². The standard InChI is InChI=1S/C27H34N4O4/c1-31-23-8-6-18(17-28-10-11-33-2)14-22(23)30-26(31)19-4-3-5-21(15-19)29-27(32)20-7-9-24-25(16-20)35-13-12-34-24/h6-9,14,16,19,21,28H,3-5,10-13,15,17H2,1-2H3,(H,29,32)/p+1. The van der Waals surface area contributed by atoms with E-state index in [2.05, 4.69) is 45.4 Å². The summed E-state index contributed by atoms with van der Waals surface area (Å²) in [7, 11) is 3.84. The summed E-state index contributed by atoms with van der Waals surface area (Å²) in [5, 5.41) is 6.67. The van der Waals surface area contributed by atoms with Gasteiger partial charge in [-0.05, 0) is 55.2 Å². The molecule has 3 N–H and O–H groups in total. The van der Waals surface area contributed by atoms with Crippen LogP contribution < -0.4 is 24.7 Å². The third kappa shape index (κ3) is 5.28. The van der Waals surface area contributed by atoms with Crippen LogP contribution in [0.2, 0.25) is 0 Å². The van der Waals surface area contributed by atoms with E-state index in [9.17, 15) is 4.79 Å². The second kappa shape index (κ2) is 10.7. The second-order valence-corrected chi connectivity index (χ2v) is 9.48. The number of nitrogens with zero attached hydrogens (tertiary/aromatic N) is 1. The van der Waals surface area contributed by atoms with Crippen LogP contribution in [0.25, 0.3) is 11.0 Å². The van der Waals surface area contributed by atoms with Gasteiger partial charge in [0.1, 0.15) is 13.2 Å². The summed E-state index contributed by atoms with van der Waals surface area (Å²) >= 11 is 0. The highest BCUT2D eigenvalue weighted by atomic mass is 16.6. The van der Waals surface area contributed by atoms with Crippen molar-refractivity contribution in [1.29, 1.82) is 0 Å². The first-order valence-corrected chi connectivity index (χ1v) is 12.5. The number of amides is 1. The van der Waals surface area contributed by atoms with Crippen molar-refractivity contribution >= 4 is 16.9 Å². The van der Waals surface area contributed by atoms with Gasteiger partial charge in [0.25, 0.3) is 11.7 Å². The topological polar surface area (TPSA) is 88.5 Å². The van der Waals surface area contributed by atoms with Gasteiger partial charge < -0.3 is 24.8 Å². The minimum atomic E-state index is -0.0562. The summed E-state index contributed by atoms with van der Waals surface area (Å²) in [5.41, 5.74) is 4.20. The average Bonchev–Trinajstić information content (AvgIpc) is 3.22. The van der Waals surface area contributed by atoms with E-state index in [1.54, 1.807) is 13.2 Å². The molecule has 2 aromatic carbocycles. The largest absolute Gasteiger partial charge is 0.486 e. The van der Waals surface area contributed by atoms with Gasteiger partial charge in [-0.25, -0.2) is 9.55 Å². The lowest BCUT2D eigenvalue weighted by atomic mass is 9.85. The quantitative estimate of drug-likeness (QED) is 0.342. The molecule has 8 nitrogen and oxygen atoms in total. The maximum Gasteiger partial charge on any atom is 0.258 e. The number of hydrogen-bond donors (Lipinski definition) is 3. The highest BCUT2D eigenvalue weighted by Gasteiger charge is 2.32. The molecular formula is C27H35N4O4+. The lowest BCUT2D eigenvalue weighted by molar-refractivity contribution is -0.654. The number of aromatic nitrogens is 2. The third-order valence-corrected chi connectivity index (χ3v) is 7.06. The van der Waals surface area contributed by atoms with Gasteiger partial charge in [0.2, 0.25) is 0 Å². The highest BCUT2D eigenvalue weighted by Crippen LogP contribution is 2.33. The van der Waals surface area contributed by atoms with Crippen LogP contribution in [-0.2, 0) is 18.3 Å². The van der Waals surface area contributed by atoms with Crippen LogP contribution in [0.1, 0.15) is 53.3 Å². The fourth-order valence-corrected chi connectivity index (χ4v) is 5.24. The summed E-state index contributed by atoms with van der Waals surface area (Å²) < 4.78 is 18.6. The number of aromatic amines is 1. The van der Waals surface area contributed by atoms with Crippen molar-refractivity contribution in [2.75, 3.05) is 33.5 Å². The van der Waals surface area contributed by atoms with Crippen LogP contribution in [0.5, 0.6) is 11.5 Å². The van der Waals surface area contributed by atoms with Gasteiger partial charge in [0.05, 0.1) is 19.6 Å². The fourth-order valence-electron chi connectivity index (χ4n) is 5.24. The smallest absolute Gasteiger partial charge is 0.258 e. The van der Waals surface area contributed by atoms with Crippen molar-refractivity contribution in [2.24, 2.45) is 7.05 Å². The number of fused-ring (bicyclic) bond motifs is 2. The van der Waals surface area contributed by atoms with Gasteiger partial charge in [-0.1, -0.05) is 12.5 Å². The molecule has 0 bridgehead atoms. The van der Waals surface area contributed by atoms with Crippen LogP contribution in [0.15, 0.2) is 36.4 Å². The molecule has 1 aliphatic heterocycles. The number of aryl methyl sites for hydroxylation is 1. The van der Waals surface area contributed by atoms with Crippen LogP contribution in [0.4, 0.5) is 0 Å². The van der Waals surface area contributed by atoms with Gasteiger partial charge >= 0.3 is 0 Å². The predicted octanol–water partition coefficient (Wildman–Crippen LogP) is 2.96. The Labute approximate surface area is 206 Å². The van der Waals surface area contributed by atoms with Crippen LogP contribution in [0, 0.1) is 0 Å². The van der Waals surface area contributed by atoms with E-state index in [0.717, 1.165) is 44.3 Å². The molecule has 2 aliphatic rings. The number of H-pyrrole nitrogens is 1. The Kier molecular flexibility index (Phi) is 7.20. The molecule has 1 aliphatic carbocycles. The number of methoxy groups -OCH3 is 1. The van der Waals surface area contributed by atoms with E-state index in [0.29, 0.717) is 42.8 Å². The van der Waals surface area contributed by atoms with Crippen molar-refractivity contribution < 1.29 is 23.6 Å². The number of ether oxygens (including phenoxy) is 3. The summed E-state index contributed by atoms with van der Waals surface area (Å²) in [6.07, 6.45) is 4.11. The molecule has 1 amide bonds. The van der Waals surface area contributed by atoms with E-state index in [4.69, 9.17) is 14.2 Å². The molecule has 2 unspecified atom stereocenters. The first-order chi connectivity index (χ1) is 17.1. The monoisotopic (exact) mass is 479 g/mol. The number of imidazole rings is 1. The van der Waals surface area contributed by atoms with E-state index in [1.807, 2.05) is 12.1 Å². The van der Waals surface area contributed by atoms with E-state index < -0.39 is 0 Å². The van der Waals surface area contributed by atoms with Gasteiger partial charge in [0.15, 0.2) is 22.5 Å². The molecule has 2 heterocycles. The first-order valence-electron chi connectivity index (χ1n) is 12.5. The van der Waals surface area contributed by atoms with Gasteiger partial charge in [-0.15, -0.1) is 0 Å². The fraction of sp³-hybridized carbons (Fsp3) is 0.481. The van der Waals surface area contributed by atoms with Crippen molar-refractivity contribution in [3.05, 3.63) is 53.3 Å². The minimum absolute atomic E-state index is 0.0562. The van der Waals surface area contributed by atoms with Crippen molar-refractivity contribution in [2.45, 2.75) is 44.2 Å². The van der Waals surface area contributed by atoms with E-state index >= 15 is 0 Å². The Morgan fingerprint density at radius 2 is 2.00 bits per heavy atom. The zero-order valence-corrected chi connectivity index (χ0v) is 20.6. The SMILES string of the molecule is COCCNCc1ccc2c(c1)[nH]c(C1CCCC(NC(=O)c3ccc4c(c3)OCCO4)C1)[n+]2C. The van der Waals surface area contributed by atoms with Gasteiger partial charge in [-0.3, -0.25) is 4.79 Å². The zero-order valence-electron chi connectivity index (χ0n) is 20.6. The summed E-state index contributed by atoms with van der Waals surface area (Å²) in [5.74, 6) is 2.88. The Hall–Kier alpha value is -3.10. The van der Waals surface area contributed by atoms with Gasteiger partial charge in [0, 0.05) is 31.8 Å². The molecule has 3 aromatic rings. The molecule has 1 fully saturated rings. The van der Waals surface area contributed by atoms with E-state index in [1.165, 1.54) is 16.9 Å². The maximum atomic E-state index is 13.0. The van der Waals surface area contributed by atoms with Crippen LogP contribution >= 0.6 is 0 Å². The van der Waals surface area contributed by atoms with Gasteiger partial charge in [-0.2, -0.15) is 0 Å². The number of nitrogens with one attached hydrogen (secondary N) is 3. The Balaban J connectivity index is 1.25. The number of rotatable bonds is 8. The van der Waals surface area contributed by atoms with Crippen molar-refractivity contribution in [3.63, 3.8) is 0 Å². The second-order valence-electron chi connectivity index (χ2n) is 9.48. The zero-order chi connectivity index (χ0) is 24.2. The molecule has 35 heavy (non-hydrogen) atoms. The molecule has 1 aromatic heterocycles.